The quantitative estimate of drug-likeness (QED) is 0.403. The van der Waals surface area contributed by atoms with E-state index in [2.05, 4.69) is 17.1 Å². The van der Waals surface area contributed by atoms with Crippen LogP contribution in [0.15, 0.2) is 65.7 Å². The monoisotopic (exact) mass is 465 g/mol. The average Bonchev–Trinajstić information content (AvgIpc) is 3.22. The fourth-order valence-electron chi connectivity index (χ4n) is 3.50. The van der Waals surface area contributed by atoms with Crippen LogP contribution in [-0.4, -0.2) is 30.0 Å². The minimum absolute atomic E-state index is 0.0290. The van der Waals surface area contributed by atoms with Gasteiger partial charge in [-0.05, 0) is 61.4 Å². The molecule has 0 saturated heterocycles. The van der Waals surface area contributed by atoms with Crippen molar-refractivity contribution in [3.63, 3.8) is 0 Å². The van der Waals surface area contributed by atoms with E-state index in [0.717, 1.165) is 21.3 Å². The zero-order chi connectivity index (χ0) is 22.9. The molecule has 8 heteroatoms. The third-order valence-corrected chi connectivity index (χ3v) is 7.92. The van der Waals surface area contributed by atoms with Gasteiger partial charge in [-0.2, -0.15) is 0 Å². The summed E-state index contributed by atoms with van der Waals surface area (Å²) >= 11 is 1.44. The van der Waals surface area contributed by atoms with Crippen LogP contribution in [0.25, 0.3) is 10.2 Å². The minimum Gasteiger partial charge on any atom is -0.278 e. The van der Waals surface area contributed by atoms with Gasteiger partial charge in [0.15, 0.2) is 15.0 Å². The van der Waals surface area contributed by atoms with Crippen molar-refractivity contribution in [3.05, 3.63) is 83.2 Å². The summed E-state index contributed by atoms with van der Waals surface area (Å²) in [5.41, 5.74) is 4.04. The number of pyridine rings is 1. The van der Waals surface area contributed by atoms with Gasteiger partial charge in [0.1, 0.15) is 0 Å². The molecule has 0 aliphatic rings. The molecule has 2 aromatic carbocycles. The highest BCUT2D eigenvalue weighted by Crippen LogP contribution is 2.33. The van der Waals surface area contributed by atoms with Gasteiger partial charge >= 0.3 is 0 Å². The van der Waals surface area contributed by atoms with Crippen molar-refractivity contribution in [2.45, 2.75) is 32.2 Å². The van der Waals surface area contributed by atoms with Crippen LogP contribution in [0.2, 0.25) is 0 Å². The van der Waals surface area contributed by atoms with E-state index in [-0.39, 0.29) is 23.1 Å². The molecule has 4 aromatic rings. The Morgan fingerprint density at radius 2 is 1.88 bits per heavy atom. The fraction of sp³-hybridized carbons (Fsp3) is 0.208. The molecule has 4 rings (SSSR count). The van der Waals surface area contributed by atoms with E-state index in [9.17, 15) is 13.2 Å². The second kappa shape index (κ2) is 8.80. The summed E-state index contributed by atoms with van der Waals surface area (Å²) in [6, 6.07) is 15.8. The van der Waals surface area contributed by atoms with Crippen LogP contribution in [0.3, 0.4) is 0 Å². The molecular weight excluding hydrogens is 442 g/mol. The van der Waals surface area contributed by atoms with Crippen LogP contribution in [0.1, 0.15) is 34.1 Å². The molecular formula is C24H23N3O3S2. The van der Waals surface area contributed by atoms with Gasteiger partial charge in [0.05, 0.1) is 33.1 Å². The standard InChI is InChI=1S/C24H23N3O3S2/c1-4-32(29,30)20-10-7-8-18(14-20)23(28)27(15-19-9-5-6-11-25-19)24-26-22-17(3)12-16(2)13-21(22)31-24/h5-14H,4,15H2,1-3H3. The molecule has 164 valence electrons. The third kappa shape index (κ3) is 4.42. The van der Waals surface area contributed by atoms with Crippen molar-refractivity contribution in [1.82, 2.24) is 9.97 Å². The van der Waals surface area contributed by atoms with Crippen LogP contribution >= 0.6 is 11.3 Å². The van der Waals surface area contributed by atoms with E-state index in [1.807, 2.05) is 32.0 Å². The highest BCUT2D eigenvalue weighted by molar-refractivity contribution is 7.91. The van der Waals surface area contributed by atoms with Gasteiger partial charge in [0, 0.05) is 11.8 Å². The van der Waals surface area contributed by atoms with E-state index in [1.54, 1.807) is 30.2 Å². The van der Waals surface area contributed by atoms with Crippen molar-refractivity contribution in [3.8, 4) is 0 Å². The summed E-state index contributed by atoms with van der Waals surface area (Å²) in [6.07, 6.45) is 1.68. The Hall–Kier alpha value is -3.10. The predicted octanol–water partition coefficient (Wildman–Crippen LogP) is 4.95. The normalized spacial score (nSPS) is 11.6. The minimum atomic E-state index is -3.43. The fourth-order valence-corrected chi connectivity index (χ4v) is 5.56. The molecule has 2 heterocycles. The Kier molecular flexibility index (Phi) is 6.08. The SMILES string of the molecule is CCS(=O)(=O)c1cccc(C(=O)N(Cc2ccccn2)c2nc3c(C)cc(C)cc3s2)c1. The van der Waals surface area contributed by atoms with Gasteiger partial charge in [0.25, 0.3) is 5.91 Å². The lowest BCUT2D eigenvalue weighted by molar-refractivity contribution is 0.0984. The van der Waals surface area contributed by atoms with Gasteiger partial charge in [-0.25, -0.2) is 13.4 Å². The summed E-state index contributed by atoms with van der Waals surface area (Å²) in [7, 11) is -3.43. The number of benzene rings is 2. The molecule has 0 saturated carbocycles. The largest absolute Gasteiger partial charge is 0.278 e. The molecule has 0 N–H and O–H groups in total. The molecule has 0 aliphatic heterocycles. The number of anilines is 1. The third-order valence-electron chi connectivity index (χ3n) is 5.16. The first kappa shape index (κ1) is 22.1. The van der Waals surface area contributed by atoms with Crippen LogP contribution in [0.4, 0.5) is 5.13 Å². The maximum absolute atomic E-state index is 13.6. The Morgan fingerprint density at radius 3 is 2.59 bits per heavy atom. The summed E-state index contributed by atoms with van der Waals surface area (Å²) in [5.74, 6) is -0.351. The number of carbonyl (C=O) groups is 1. The van der Waals surface area contributed by atoms with E-state index in [4.69, 9.17) is 4.98 Å². The molecule has 1 amide bonds. The number of carbonyl (C=O) groups excluding carboxylic acids is 1. The first-order valence-electron chi connectivity index (χ1n) is 10.2. The number of amides is 1. The second-order valence-corrected chi connectivity index (χ2v) is 10.9. The number of thiazole rings is 1. The first-order valence-corrected chi connectivity index (χ1v) is 12.7. The molecule has 0 bridgehead atoms. The van der Waals surface area contributed by atoms with Crippen LogP contribution in [0, 0.1) is 13.8 Å². The van der Waals surface area contributed by atoms with Crippen LogP contribution in [0.5, 0.6) is 0 Å². The van der Waals surface area contributed by atoms with Crippen molar-refractivity contribution >= 4 is 42.4 Å². The molecule has 0 spiro atoms. The Morgan fingerprint density at radius 1 is 1.06 bits per heavy atom. The first-order chi connectivity index (χ1) is 15.3. The Labute approximate surface area is 191 Å². The topological polar surface area (TPSA) is 80.2 Å². The molecule has 0 aliphatic carbocycles. The summed E-state index contributed by atoms with van der Waals surface area (Å²) in [6.45, 7) is 5.84. The Balaban J connectivity index is 1.81. The van der Waals surface area contributed by atoms with Gasteiger partial charge in [-0.1, -0.05) is 36.5 Å². The number of aryl methyl sites for hydroxylation is 2. The summed E-state index contributed by atoms with van der Waals surface area (Å²) < 4.78 is 25.7. The van der Waals surface area contributed by atoms with E-state index in [1.165, 1.54) is 23.5 Å². The summed E-state index contributed by atoms with van der Waals surface area (Å²) in [4.78, 5) is 24.4. The van der Waals surface area contributed by atoms with E-state index < -0.39 is 9.84 Å². The molecule has 0 unspecified atom stereocenters. The molecule has 0 fully saturated rings. The van der Waals surface area contributed by atoms with Crippen molar-refractivity contribution in [1.29, 1.82) is 0 Å². The van der Waals surface area contributed by atoms with Crippen molar-refractivity contribution < 1.29 is 13.2 Å². The van der Waals surface area contributed by atoms with Crippen LogP contribution in [-0.2, 0) is 16.4 Å². The lowest BCUT2D eigenvalue weighted by atomic mass is 10.1. The van der Waals surface area contributed by atoms with E-state index in [0.29, 0.717) is 16.4 Å². The lowest BCUT2D eigenvalue weighted by Gasteiger charge is -2.20. The van der Waals surface area contributed by atoms with Gasteiger partial charge in [-0.15, -0.1) is 0 Å². The average molecular weight is 466 g/mol. The zero-order valence-corrected chi connectivity index (χ0v) is 19.7. The van der Waals surface area contributed by atoms with Gasteiger partial charge in [0.2, 0.25) is 0 Å². The molecule has 2 aromatic heterocycles. The number of aromatic nitrogens is 2. The summed E-state index contributed by atoms with van der Waals surface area (Å²) in [5, 5.41) is 0.549. The number of rotatable bonds is 6. The highest BCUT2D eigenvalue weighted by atomic mass is 32.2. The molecule has 6 nitrogen and oxygen atoms in total. The number of fused-ring (bicyclic) bond motifs is 1. The van der Waals surface area contributed by atoms with Crippen molar-refractivity contribution in [2.24, 2.45) is 0 Å². The Bertz CT molecular complexity index is 1400. The van der Waals surface area contributed by atoms with Gasteiger partial charge in [-0.3, -0.25) is 14.7 Å². The number of hydrogen-bond donors (Lipinski definition) is 0. The molecule has 32 heavy (non-hydrogen) atoms. The number of sulfone groups is 1. The maximum atomic E-state index is 13.6. The van der Waals surface area contributed by atoms with Crippen molar-refractivity contribution in [2.75, 3.05) is 10.7 Å². The smallest absolute Gasteiger partial charge is 0.260 e. The molecule has 0 atom stereocenters. The van der Waals surface area contributed by atoms with E-state index >= 15 is 0 Å². The highest BCUT2D eigenvalue weighted by Gasteiger charge is 2.24. The zero-order valence-electron chi connectivity index (χ0n) is 18.1. The predicted molar refractivity (Wildman–Crippen MR) is 128 cm³/mol. The lowest BCUT2D eigenvalue weighted by Crippen LogP contribution is -2.30. The maximum Gasteiger partial charge on any atom is 0.260 e. The second-order valence-electron chi connectivity index (χ2n) is 7.57. The van der Waals surface area contributed by atoms with Gasteiger partial charge < -0.3 is 0 Å². The molecule has 0 radical (unpaired) electrons. The van der Waals surface area contributed by atoms with Crippen LogP contribution < -0.4 is 4.90 Å². The number of nitrogens with zero attached hydrogens (tertiary/aromatic N) is 3. The number of hydrogen-bond acceptors (Lipinski definition) is 6.